The standard InChI is InChI=1S/C21H28N4O4S/c1-3-11-30(26,27)21-22-12-16(25(21)14-17-7-6-10-28-17)13-24(2)15-20-23-18-8-4-5-9-19(18)29-20/h4-5,8-9,12,17H,3,6-7,10-11,13-15H2,1-2H3. The Hall–Kier alpha value is -2.23. The summed E-state index contributed by atoms with van der Waals surface area (Å²) in [7, 11) is -1.47. The molecule has 162 valence electrons. The van der Waals surface area contributed by atoms with E-state index < -0.39 is 9.84 Å². The third-order valence-electron chi connectivity index (χ3n) is 5.24. The molecule has 1 aliphatic rings. The van der Waals surface area contributed by atoms with Crippen LogP contribution in [-0.4, -0.2) is 53.4 Å². The molecule has 9 heteroatoms. The maximum absolute atomic E-state index is 12.8. The van der Waals surface area contributed by atoms with Gasteiger partial charge in [-0.05, 0) is 38.4 Å². The lowest BCUT2D eigenvalue weighted by molar-refractivity contribution is 0.0933. The van der Waals surface area contributed by atoms with Gasteiger partial charge >= 0.3 is 0 Å². The molecule has 0 aliphatic carbocycles. The maximum atomic E-state index is 12.8. The molecule has 1 unspecified atom stereocenters. The van der Waals surface area contributed by atoms with Gasteiger partial charge in [-0.3, -0.25) is 4.90 Å². The molecular formula is C21H28N4O4S. The number of nitrogens with zero attached hydrogens (tertiary/aromatic N) is 4. The molecule has 0 radical (unpaired) electrons. The van der Waals surface area contributed by atoms with E-state index >= 15 is 0 Å². The number of sulfone groups is 1. The van der Waals surface area contributed by atoms with Crippen LogP contribution in [0.2, 0.25) is 0 Å². The molecule has 30 heavy (non-hydrogen) atoms. The molecule has 1 saturated heterocycles. The van der Waals surface area contributed by atoms with E-state index in [9.17, 15) is 8.42 Å². The molecule has 0 bridgehead atoms. The van der Waals surface area contributed by atoms with Gasteiger partial charge in [-0.25, -0.2) is 18.4 Å². The molecule has 0 saturated carbocycles. The van der Waals surface area contributed by atoms with Gasteiger partial charge in [-0.2, -0.15) is 0 Å². The fourth-order valence-corrected chi connectivity index (χ4v) is 5.33. The quantitative estimate of drug-likeness (QED) is 0.513. The lowest BCUT2D eigenvalue weighted by Gasteiger charge is -2.19. The molecule has 1 aliphatic heterocycles. The first-order valence-electron chi connectivity index (χ1n) is 10.4. The summed E-state index contributed by atoms with van der Waals surface area (Å²) >= 11 is 0. The van der Waals surface area contributed by atoms with Crippen molar-refractivity contribution in [2.75, 3.05) is 19.4 Å². The van der Waals surface area contributed by atoms with E-state index in [1.54, 1.807) is 6.20 Å². The fourth-order valence-electron chi connectivity index (χ4n) is 3.86. The van der Waals surface area contributed by atoms with E-state index in [2.05, 4.69) is 9.97 Å². The number of oxazole rings is 1. The Bertz CT molecular complexity index is 1070. The summed E-state index contributed by atoms with van der Waals surface area (Å²) in [6.45, 7) is 4.13. The Morgan fingerprint density at radius 2 is 2.10 bits per heavy atom. The number of hydrogen-bond donors (Lipinski definition) is 0. The lowest BCUT2D eigenvalue weighted by atomic mass is 10.2. The second kappa shape index (κ2) is 8.87. The Balaban J connectivity index is 1.55. The summed E-state index contributed by atoms with van der Waals surface area (Å²) in [5.74, 6) is 0.719. The number of ether oxygens (including phenoxy) is 1. The number of fused-ring (bicyclic) bond motifs is 1. The van der Waals surface area contributed by atoms with Crippen LogP contribution in [0.15, 0.2) is 40.0 Å². The van der Waals surface area contributed by atoms with Crippen molar-refractivity contribution in [3.63, 3.8) is 0 Å². The van der Waals surface area contributed by atoms with Crippen LogP contribution in [0.25, 0.3) is 11.1 Å². The van der Waals surface area contributed by atoms with E-state index in [-0.39, 0.29) is 17.0 Å². The molecule has 3 heterocycles. The van der Waals surface area contributed by atoms with E-state index in [0.29, 0.717) is 31.9 Å². The highest BCUT2D eigenvalue weighted by molar-refractivity contribution is 7.91. The summed E-state index contributed by atoms with van der Waals surface area (Å²) < 4.78 is 38.9. The molecule has 0 N–H and O–H groups in total. The Kier molecular flexibility index (Phi) is 6.21. The molecule has 0 spiro atoms. The second-order valence-electron chi connectivity index (χ2n) is 7.84. The van der Waals surface area contributed by atoms with E-state index in [1.165, 1.54) is 0 Å². The molecule has 1 fully saturated rings. The minimum atomic E-state index is -3.43. The molecule has 3 aromatic rings. The summed E-state index contributed by atoms with van der Waals surface area (Å²) in [5.41, 5.74) is 2.44. The Morgan fingerprint density at radius 3 is 2.83 bits per heavy atom. The molecular weight excluding hydrogens is 404 g/mol. The molecule has 1 aromatic carbocycles. The van der Waals surface area contributed by atoms with Crippen LogP contribution in [0.5, 0.6) is 0 Å². The van der Waals surface area contributed by atoms with E-state index in [1.807, 2.05) is 47.7 Å². The highest BCUT2D eigenvalue weighted by Gasteiger charge is 2.26. The van der Waals surface area contributed by atoms with Crippen molar-refractivity contribution in [2.24, 2.45) is 0 Å². The maximum Gasteiger partial charge on any atom is 0.227 e. The Labute approximate surface area is 176 Å². The number of rotatable bonds is 9. The smallest absolute Gasteiger partial charge is 0.227 e. The zero-order valence-electron chi connectivity index (χ0n) is 17.5. The van der Waals surface area contributed by atoms with Gasteiger partial charge in [0, 0.05) is 13.2 Å². The monoisotopic (exact) mass is 432 g/mol. The van der Waals surface area contributed by atoms with Crippen molar-refractivity contribution < 1.29 is 17.6 Å². The second-order valence-corrected chi connectivity index (χ2v) is 9.85. The van der Waals surface area contributed by atoms with Gasteiger partial charge in [0.25, 0.3) is 0 Å². The van der Waals surface area contributed by atoms with Gasteiger partial charge in [0.05, 0.1) is 36.8 Å². The third kappa shape index (κ3) is 4.58. The Morgan fingerprint density at radius 1 is 1.27 bits per heavy atom. The normalized spacial score (nSPS) is 17.4. The van der Waals surface area contributed by atoms with Crippen LogP contribution in [0.3, 0.4) is 0 Å². The van der Waals surface area contributed by atoms with Crippen LogP contribution in [0, 0.1) is 0 Å². The van der Waals surface area contributed by atoms with Crippen LogP contribution < -0.4 is 0 Å². The van der Waals surface area contributed by atoms with E-state index in [0.717, 1.165) is 36.2 Å². The van der Waals surface area contributed by atoms with Gasteiger partial charge in [0.1, 0.15) is 5.52 Å². The number of hydrogen-bond acceptors (Lipinski definition) is 7. The molecule has 4 rings (SSSR count). The van der Waals surface area contributed by atoms with Gasteiger partial charge in [0.15, 0.2) is 5.58 Å². The van der Waals surface area contributed by atoms with Crippen LogP contribution in [-0.2, 0) is 34.2 Å². The van der Waals surface area contributed by atoms with Crippen LogP contribution >= 0.6 is 0 Å². The summed E-state index contributed by atoms with van der Waals surface area (Å²) in [6, 6.07) is 7.67. The molecule has 8 nitrogen and oxygen atoms in total. The highest BCUT2D eigenvalue weighted by atomic mass is 32.2. The number of para-hydroxylation sites is 2. The summed E-state index contributed by atoms with van der Waals surface area (Å²) in [6.07, 6.45) is 4.19. The first-order valence-corrected chi connectivity index (χ1v) is 12.0. The van der Waals surface area contributed by atoms with E-state index in [4.69, 9.17) is 9.15 Å². The molecule has 2 aromatic heterocycles. The zero-order valence-corrected chi connectivity index (χ0v) is 18.3. The van der Waals surface area contributed by atoms with Crippen LogP contribution in [0.1, 0.15) is 37.8 Å². The number of benzene rings is 1. The SMILES string of the molecule is CCCS(=O)(=O)c1ncc(CN(C)Cc2nc3ccccc3o2)n1CC1CCCO1. The highest BCUT2D eigenvalue weighted by Crippen LogP contribution is 2.22. The van der Waals surface area contributed by atoms with Crippen molar-refractivity contribution >= 4 is 20.9 Å². The van der Waals surface area contributed by atoms with Gasteiger partial charge < -0.3 is 13.7 Å². The number of aromatic nitrogens is 3. The average Bonchev–Trinajstić information content (AvgIpc) is 3.42. The molecule has 1 atom stereocenters. The lowest BCUT2D eigenvalue weighted by Crippen LogP contribution is -2.25. The average molecular weight is 433 g/mol. The van der Waals surface area contributed by atoms with Crippen molar-refractivity contribution in [1.29, 1.82) is 0 Å². The van der Waals surface area contributed by atoms with Crippen molar-refractivity contribution in [3.05, 3.63) is 42.0 Å². The molecule has 0 amide bonds. The van der Waals surface area contributed by atoms with Gasteiger partial charge in [-0.1, -0.05) is 19.1 Å². The number of imidazole rings is 1. The first-order chi connectivity index (χ1) is 14.5. The fraction of sp³-hybridized carbons (Fsp3) is 0.524. The van der Waals surface area contributed by atoms with Gasteiger partial charge in [-0.15, -0.1) is 0 Å². The van der Waals surface area contributed by atoms with Gasteiger partial charge in [0.2, 0.25) is 20.9 Å². The van der Waals surface area contributed by atoms with Crippen LogP contribution in [0.4, 0.5) is 0 Å². The summed E-state index contributed by atoms with van der Waals surface area (Å²) in [5, 5.41) is 0.144. The van der Waals surface area contributed by atoms with Crippen molar-refractivity contribution in [2.45, 2.75) is 57.1 Å². The minimum absolute atomic E-state index is 0.0240. The van der Waals surface area contributed by atoms with Crippen molar-refractivity contribution in [3.8, 4) is 0 Å². The predicted octanol–water partition coefficient (Wildman–Crippen LogP) is 3.02. The minimum Gasteiger partial charge on any atom is -0.439 e. The predicted molar refractivity (Wildman–Crippen MR) is 113 cm³/mol. The third-order valence-corrected chi connectivity index (χ3v) is 7.07. The van der Waals surface area contributed by atoms with Crippen molar-refractivity contribution in [1.82, 2.24) is 19.4 Å². The summed E-state index contributed by atoms with van der Waals surface area (Å²) in [4.78, 5) is 10.9. The zero-order chi connectivity index (χ0) is 21.1. The largest absolute Gasteiger partial charge is 0.439 e. The topological polar surface area (TPSA) is 90.5 Å². The first kappa shape index (κ1) is 21.0.